The van der Waals surface area contributed by atoms with Gasteiger partial charge in [-0.05, 0) is 18.2 Å². The first-order chi connectivity index (χ1) is 14.9. The lowest BCUT2D eigenvalue weighted by atomic mass is 10.1. The molecule has 0 unspecified atom stereocenters. The molecule has 0 spiro atoms. The molecule has 2 aromatic carbocycles. The highest BCUT2D eigenvalue weighted by molar-refractivity contribution is 7.14. The van der Waals surface area contributed by atoms with E-state index in [1.807, 2.05) is 0 Å². The van der Waals surface area contributed by atoms with Gasteiger partial charge in [0.25, 0.3) is 5.91 Å². The third-order valence-corrected chi connectivity index (χ3v) is 5.00. The summed E-state index contributed by atoms with van der Waals surface area (Å²) in [6.07, 6.45) is 0. The summed E-state index contributed by atoms with van der Waals surface area (Å²) in [6, 6.07) is 7.35. The van der Waals surface area contributed by atoms with E-state index in [2.05, 4.69) is 15.6 Å². The Kier molecular flexibility index (Phi) is 6.71. The van der Waals surface area contributed by atoms with Crippen LogP contribution in [0.2, 0.25) is 0 Å². The van der Waals surface area contributed by atoms with Crippen molar-refractivity contribution in [1.82, 2.24) is 4.98 Å². The average molecular weight is 445 g/mol. The van der Waals surface area contributed by atoms with Gasteiger partial charge in [0.2, 0.25) is 5.91 Å². The maximum Gasteiger partial charge on any atom is 0.261 e. The van der Waals surface area contributed by atoms with Crippen LogP contribution in [0, 0.1) is 5.82 Å². The van der Waals surface area contributed by atoms with Crippen LogP contribution in [0.4, 0.5) is 15.2 Å². The van der Waals surface area contributed by atoms with Crippen molar-refractivity contribution in [3.8, 4) is 28.5 Å². The highest BCUT2D eigenvalue weighted by atomic mass is 32.1. The van der Waals surface area contributed by atoms with E-state index < -0.39 is 11.7 Å². The van der Waals surface area contributed by atoms with E-state index in [0.717, 1.165) is 11.3 Å². The van der Waals surface area contributed by atoms with Crippen molar-refractivity contribution < 1.29 is 28.2 Å². The molecule has 0 atom stereocenters. The lowest BCUT2D eigenvalue weighted by molar-refractivity contribution is -0.114. The first kappa shape index (κ1) is 22.0. The summed E-state index contributed by atoms with van der Waals surface area (Å²) in [5, 5.41) is 7.10. The minimum atomic E-state index is -0.545. The Morgan fingerprint density at radius 3 is 2.26 bits per heavy atom. The minimum Gasteiger partial charge on any atom is -0.496 e. The van der Waals surface area contributed by atoms with Crippen LogP contribution in [-0.4, -0.2) is 38.1 Å². The van der Waals surface area contributed by atoms with Crippen LogP contribution in [-0.2, 0) is 4.79 Å². The van der Waals surface area contributed by atoms with Crippen molar-refractivity contribution in [2.75, 3.05) is 32.0 Å². The number of thiazole rings is 1. The van der Waals surface area contributed by atoms with E-state index in [4.69, 9.17) is 14.2 Å². The molecule has 0 bridgehead atoms. The molecule has 2 amide bonds. The number of anilines is 2. The summed E-state index contributed by atoms with van der Waals surface area (Å²) in [6.45, 7) is 1.34. The van der Waals surface area contributed by atoms with Crippen molar-refractivity contribution in [3.63, 3.8) is 0 Å². The zero-order valence-corrected chi connectivity index (χ0v) is 18.1. The van der Waals surface area contributed by atoms with Crippen LogP contribution >= 0.6 is 11.3 Å². The van der Waals surface area contributed by atoms with Gasteiger partial charge in [-0.2, -0.15) is 0 Å². The van der Waals surface area contributed by atoms with Gasteiger partial charge in [0, 0.05) is 35.7 Å². The molecule has 10 heteroatoms. The Balaban J connectivity index is 1.83. The molecule has 0 aliphatic carbocycles. The van der Waals surface area contributed by atoms with E-state index in [1.54, 1.807) is 17.5 Å². The summed E-state index contributed by atoms with van der Waals surface area (Å²) in [4.78, 5) is 28.2. The lowest BCUT2D eigenvalue weighted by Gasteiger charge is -2.13. The summed E-state index contributed by atoms with van der Waals surface area (Å²) < 4.78 is 30.2. The largest absolute Gasteiger partial charge is 0.496 e. The van der Waals surface area contributed by atoms with E-state index in [-0.39, 0.29) is 22.2 Å². The van der Waals surface area contributed by atoms with Crippen LogP contribution in [0.25, 0.3) is 11.3 Å². The molecule has 0 saturated carbocycles. The second-order valence-corrected chi connectivity index (χ2v) is 7.13. The highest BCUT2D eigenvalue weighted by Gasteiger charge is 2.19. The van der Waals surface area contributed by atoms with Gasteiger partial charge in [-0.1, -0.05) is 0 Å². The molecular formula is C21H20FN3O5S. The van der Waals surface area contributed by atoms with E-state index in [9.17, 15) is 14.0 Å². The molecule has 0 fully saturated rings. The normalized spacial score (nSPS) is 10.4. The van der Waals surface area contributed by atoms with E-state index in [0.29, 0.717) is 28.6 Å². The number of carbonyl (C=O) groups excluding carboxylic acids is 2. The van der Waals surface area contributed by atoms with E-state index >= 15 is 0 Å². The number of aromatic nitrogens is 1. The van der Waals surface area contributed by atoms with Gasteiger partial charge in [0.1, 0.15) is 11.6 Å². The van der Waals surface area contributed by atoms with Gasteiger partial charge in [-0.15, -0.1) is 11.3 Å². The number of carbonyl (C=O) groups is 2. The fourth-order valence-corrected chi connectivity index (χ4v) is 3.54. The zero-order valence-electron chi connectivity index (χ0n) is 17.2. The Morgan fingerprint density at radius 1 is 0.968 bits per heavy atom. The number of methoxy groups -OCH3 is 3. The fourth-order valence-electron chi connectivity index (χ4n) is 2.83. The molecule has 2 N–H and O–H groups in total. The summed E-state index contributed by atoms with van der Waals surface area (Å²) in [5.74, 6) is -0.223. The third-order valence-electron chi connectivity index (χ3n) is 4.24. The Morgan fingerprint density at radius 2 is 1.65 bits per heavy atom. The number of hydrogen-bond acceptors (Lipinski definition) is 7. The second-order valence-electron chi connectivity index (χ2n) is 6.28. The Hall–Kier alpha value is -3.66. The molecule has 3 rings (SSSR count). The number of halogens is 1. The maximum atomic E-state index is 14.5. The molecule has 8 nitrogen and oxygen atoms in total. The van der Waals surface area contributed by atoms with Crippen LogP contribution in [0.5, 0.6) is 17.2 Å². The lowest BCUT2D eigenvalue weighted by Crippen LogP contribution is -2.13. The molecule has 162 valence electrons. The number of nitrogens with one attached hydrogen (secondary N) is 2. The summed E-state index contributed by atoms with van der Waals surface area (Å²) in [5.41, 5.74) is 1.17. The minimum absolute atomic E-state index is 0.225. The first-order valence-corrected chi connectivity index (χ1v) is 9.88. The van der Waals surface area contributed by atoms with Gasteiger partial charge in [-0.3, -0.25) is 14.9 Å². The third kappa shape index (κ3) is 4.92. The van der Waals surface area contributed by atoms with E-state index in [1.165, 1.54) is 46.5 Å². The van der Waals surface area contributed by atoms with Crippen LogP contribution in [0.1, 0.15) is 17.3 Å². The van der Waals surface area contributed by atoms with Crippen LogP contribution in [0.3, 0.4) is 0 Å². The molecule has 0 aliphatic rings. The number of amides is 2. The van der Waals surface area contributed by atoms with Crippen molar-refractivity contribution in [2.45, 2.75) is 6.92 Å². The van der Waals surface area contributed by atoms with Gasteiger partial charge in [0.15, 0.2) is 16.6 Å². The second kappa shape index (κ2) is 9.43. The smallest absolute Gasteiger partial charge is 0.261 e. The highest BCUT2D eigenvalue weighted by Crippen LogP contribution is 2.35. The predicted molar refractivity (Wildman–Crippen MR) is 116 cm³/mol. The Labute approximate surface area is 182 Å². The molecule has 0 aliphatic heterocycles. The van der Waals surface area contributed by atoms with Crippen molar-refractivity contribution in [3.05, 3.63) is 47.1 Å². The quantitative estimate of drug-likeness (QED) is 0.566. The average Bonchev–Trinajstić information content (AvgIpc) is 3.20. The van der Waals surface area contributed by atoms with Gasteiger partial charge < -0.3 is 19.5 Å². The van der Waals surface area contributed by atoms with Gasteiger partial charge in [0.05, 0.1) is 32.6 Å². The van der Waals surface area contributed by atoms with Crippen LogP contribution in [0.15, 0.2) is 35.7 Å². The standard InChI is InChI=1S/C21H20FN3O5S/c1-11(26)23-12-5-6-13(15(22)7-12)16-10-31-21(24-16)25-20(27)14-8-18(29-3)19(30-4)9-17(14)28-2/h5-10H,1-4H3,(H,23,26)(H,24,25,27). The number of ether oxygens (including phenoxy) is 3. The first-order valence-electron chi connectivity index (χ1n) is 9.00. The molecule has 1 aromatic heterocycles. The monoisotopic (exact) mass is 445 g/mol. The van der Waals surface area contributed by atoms with Gasteiger partial charge >= 0.3 is 0 Å². The number of hydrogen-bond donors (Lipinski definition) is 2. The zero-order chi connectivity index (χ0) is 22.5. The summed E-state index contributed by atoms with van der Waals surface area (Å²) in [7, 11) is 4.38. The number of rotatable bonds is 7. The molecule has 1 heterocycles. The van der Waals surface area contributed by atoms with Crippen molar-refractivity contribution in [1.29, 1.82) is 0 Å². The SMILES string of the molecule is COc1cc(OC)c(C(=O)Nc2nc(-c3ccc(NC(C)=O)cc3F)cs2)cc1OC. The molecule has 0 radical (unpaired) electrons. The van der Waals surface area contributed by atoms with Crippen LogP contribution < -0.4 is 24.8 Å². The molecule has 0 saturated heterocycles. The fraction of sp³-hybridized carbons (Fsp3) is 0.190. The topological polar surface area (TPSA) is 98.8 Å². The summed E-state index contributed by atoms with van der Waals surface area (Å²) >= 11 is 1.15. The number of nitrogens with zero attached hydrogens (tertiary/aromatic N) is 1. The maximum absolute atomic E-state index is 14.5. The Bertz CT molecular complexity index is 1130. The van der Waals surface area contributed by atoms with Crippen molar-refractivity contribution in [2.24, 2.45) is 0 Å². The number of benzene rings is 2. The van der Waals surface area contributed by atoms with Crippen molar-refractivity contribution >= 4 is 34.0 Å². The molecular weight excluding hydrogens is 425 g/mol. The molecule has 31 heavy (non-hydrogen) atoms. The van der Waals surface area contributed by atoms with Gasteiger partial charge in [-0.25, -0.2) is 9.37 Å². The predicted octanol–water partition coefficient (Wildman–Crippen LogP) is 4.19. The molecule has 3 aromatic rings.